The van der Waals surface area contributed by atoms with Crippen molar-refractivity contribution < 1.29 is 22.7 Å². The Morgan fingerprint density at radius 3 is 2.46 bits per heavy atom. The first-order valence-corrected chi connectivity index (χ1v) is 13.3. The van der Waals surface area contributed by atoms with Crippen molar-refractivity contribution >= 4 is 34.6 Å². The zero-order valence-corrected chi connectivity index (χ0v) is 23.4. The summed E-state index contributed by atoms with van der Waals surface area (Å²) in [5.74, 6) is -0.270. The molecule has 1 amide bonds. The molecule has 0 spiro atoms. The standard InChI is InChI=1S/C30H28F3N5O2S/c1-18-15-24(19(2)37(18)23-8-6-7-20(16-23)30(31,32)33)28-27(25-9-4-5-14-34-25)36-29(41)38(28)22-12-10-21(11-13-22)35-26(39)17-40-3/h4-16,27-28H,17H2,1-3H3,(H,35,39)(H,36,41)/t27-,28+/m0/s1. The van der Waals surface area contributed by atoms with Crippen molar-refractivity contribution in [2.75, 3.05) is 23.9 Å². The molecule has 0 radical (unpaired) electrons. The topological polar surface area (TPSA) is 71.4 Å². The summed E-state index contributed by atoms with van der Waals surface area (Å²) < 4.78 is 47.3. The van der Waals surface area contributed by atoms with E-state index in [0.29, 0.717) is 16.5 Å². The summed E-state index contributed by atoms with van der Waals surface area (Å²) >= 11 is 5.82. The van der Waals surface area contributed by atoms with E-state index in [9.17, 15) is 18.0 Å². The van der Waals surface area contributed by atoms with E-state index in [1.165, 1.54) is 13.2 Å². The highest BCUT2D eigenvalue weighted by Crippen LogP contribution is 2.44. The van der Waals surface area contributed by atoms with Gasteiger partial charge in [-0.05, 0) is 92.3 Å². The Hall–Kier alpha value is -4.22. The van der Waals surface area contributed by atoms with Gasteiger partial charge in [0.25, 0.3) is 0 Å². The molecule has 4 aromatic rings. The first-order valence-electron chi connectivity index (χ1n) is 12.8. The molecule has 11 heteroatoms. The molecule has 3 heterocycles. The van der Waals surface area contributed by atoms with Gasteiger partial charge in [-0.1, -0.05) is 12.1 Å². The van der Waals surface area contributed by atoms with Gasteiger partial charge in [-0.25, -0.2) is 0 Å². The molecule has 0 bridgehead atoms. The Morgan fingerprint density at radius 1 is 1.05 bits per heavy atom. The molecular weight excluding hydrogens is 551 g/mol. The Labute approximate surface area is 241 Å². The van der Waals surface area contributed by atoms with Crippen LogP contribution in [0.1, 0.15) is 40.3 Å². The zero-order valence-electron chi connectivity index (χ0n) is 22.6. The fourth-order valence-electron chi connectivity index (χ4n) is 5.29. The van der Waals surface area contributed by atoms with Crippen LogP contribution in [0.4, 0.5) is 24.5 Å². The van der Waals surface area contributed by atoms with Crippen LogP contribution in [0, 0.1) is 13.8 Å². The number of rotatable bonds is 7. The molecule has 5 rings (SSSR count). The zero-order chi connectivity index (χ0) is 29.3. The van der Waals surface area contributed by atoms with Crippen molar-refractivity contribution in [1.29, 1.82) is 0 Å². The molecule has 41 heavy (non-hydrogen) atoms. The molecule has 1 fully saturated rings. The number of carbonyl (C=O) groups excluding carboxylic acids is 1. The molecule has 0 unspecified atom stereocenters. The summed E-state index contributed by atoms with van der Waals surface area (Å²) in [5, 5.41) is 6.66. The van der Waals surface area contributed by atoms with Gasteiger partial charge in [-0.15, -0.1) is 0 Å². The molecule has 2 atom stereocenters. The van der Waals surface area contributed by atoms with Crippen molar-refractivity contribution in [2.24, 2.45) is 0 Å². The lowest BCUT2D eigenvalue weighted by molar-refractivity contribution is -0.137. The number of thiocarbonyl (C=S) groups is 1. The predicted molar refractivity (Wildman–Crippen MR) is 155 cm³/mol. The maximum absolute atomic E-state index is 13.5. The molecule has 1 aliphatic rings. The molecule has 2 aromatic heterocycles. The number of pyridine rings is 1. The molecule has 1 aliphatic heterocycles. The van der Waals surface area contributed by atoms with Crippen LogP contribution in [0.5, 0.6) is 0 Å². The van der Waals surface area contributed by atoms with Gasteiger partial charge in [0.2, 0.25) is 5.91 Å². The van der Waals surface area contributed by atoms with Crippen molar-refractivity contribution in [1.82, 2.24) is 14.9 Å². The summed E-state index contributed by atoms with van der Waals surface area (Å²) in [5.41, 5.74) is 4.33. The molecule has 2 N–H and O–H groups in total. The van der Waals surface area contributed by atoms with Crippen molar-refractivity contribution in [3.05, 3.63) is 107 Å². The number of halogens is 3. The fraction of sp³-hybridized carbons (Fsp3) is 0.233. The number of alkyl halides is 3. The van der Waals surface area contributed by atoms with Crippen molar-refractivity contribution in [3.63, 3.8) is 0 Å². The second-order valence-electron chi connectivity index (χ2n) is 9.73. The number of nitrogens with zero attached hydrogens (tertiary/aromatic N) is 3. The average molecular weight is 580 g/mol. The number of methoxy groups -OCH3 is 1. The van der Waals surface area contributed by atoms with Gasteiger partial charge in [-0.2, -0.15) is 13.2 Å². The summed E-state index contributed by atoms with van der Waals surface area (Å²) in [7, 11) is 1.45. The number of benzene rings is 2. The minimum atomic E-state index is -4.45. The number of anilines is 2. The second-order valence-corrected chi connectivity index (χ2v) is 10.1. The first kappa shape index (κ1) is 28.3. The van der Waals surface area contributed by atoms with E-state index >= 15 is 0 Å². The molecule has 212 valence electrons. The smallest absolute Gasteiger partial charge is 0.375 e. The molecule has 0 aliphatic carbocycles. The van der Waals surface area contributed by atoms with Crippen LogP contribution in [0.15, 0.2) is 79.0 Å². The van der Waals surface area contributed by atoms with Gasteiger partial charge >= 0.3 is 6.18 Å². The molecule has 1 saturated heterocycles. The minimum absolute atomic E-state index is 0.0583. The van der Waals surface area contributed by atoms with E-state index in [0.717, 1.165) is 40.5 Å². The van der Waals surface area contributed by atoms with Crippen LogP contribution in [0.25, 0.3) is 5.69 Å². The van der Waals surface area contributed by atoms with Gasteiger partial charge in [0.15, 0.2) is 5.11 Å². The highest BCUT2D eigenvalue weighted by Gasteiger charge is 2.42. The van der Waals surface area contributed by atoms with Crippen LogP contribution in [0.2, 0.25) is 0 Å². The summed E-state index contributed by atoms with van der Waals surface area (Å²) in [6.07, 6.45) is -2.74. The number of aromatic nitrogens is 2. The third kappa shape index (κ3) is 5.68. The van der Waals surface area contributed by atoms with E-state index in [4.69, 9.17) is 17.0 Å². The van der Waals surface area contributed by atoms with Crippen LogP contribution in [-0.2, 0) is 15.7 Å². The fourth-order valence-corrected chi connectivity index (χ4v) is 5.63. The quantitative estimate of drug-likeness (QED) is 0.252. The van der Waals surface area contributed by atoms with Gasteiger partial charge in [-0.3, -0.25) is 9.78 Å². The number of hydrogen-bond acceptors (Lipinski definition) is 4. The minimum Gasteiger partial charge on any atom is -0.375 e. The number of hydrogen-bond donors (Lipinski definition) is 2. The van der Waals surface area contributed by atoms with Crippen LogP contribution in [-0.4, -0.2) is 34.3 Å². The van der Waals surface area contributed by atoms with E-state index in [-0.39, 0.29) is 24.6 Å². The molecule has 0 saturated carbocycles. The number of nitrogens with one attached hydrogen (secondary N) is 2. The largest absolute Gasteiger partial charge is 0.416 e. The van der Waals surface area contributed by atoms with Crippen LogP contribution < -0.4 is 15.5 Å². The highest BCUT2D eigenvalue weighted by atomic mass is 32.1. The molecule has 7 nitrogen and oxygen atoms in total. The lowest BCUT2D eigenvalue weighted by Crippen LogP contribution is -2.29. The number of amides is 1. The van der Waals surface area contributed by atoms with E-state index in [1.807, 2.05) is 59.7 Å². The maximum Gasteiger partial charge on any atom is 0.416 e. The van der Waals surface area contributed by atoms with Crippen LogP contribution in [0.3, 0.4) is 0 Å². The van der Waals surface area contributed by atoms with Crippen molar-refractivity contribution in [2.45, 2.75) is 32.1 Å². The predicted octanol–water partition coefficient (Wildman–Crippen LogP) is 6.27. The maximum atomic E-state index is 13.5. The Balaban J connectivity index is 1.59. The Bertz CT molecular complexity index is 1570. The van der Waals surface area contributed by atoms with E-state index in [1.54, 1.807) is 24.4 Å². The number of carbonyl (C=O) groups is 1. The first-order chi connectivity index (χ1) is 19.6. The Morgan fingerprint density at radius 2 is 1.80 bits per heavy atom. The number of ether oxygens (including phenoxy) is 1. The average Bonchev–Trinajstić information content (AvgIpc) is 3.44. The number of aryl methyl sites for hydroxylation is 1. The van der Waals surface area contributed by atoms with Crippen molar-refractivity contribution in [3.8, 4) is 5.69 Å². The van der Waals surface area contributed by atoms with Gasteiger partial charge in [0.1, 0.15) is 6.61 Å². The molecule has 2 aromatic carbocycles. The normalized spacial score (nSPS) is 17.0. The summed E-state index contributed by atoms with van der Waals surface area (Å²) in [6, 6.07) is 19.5. The molecular formula is C30H28F3N5O2S. The second kappa shape index (κ2) is 11.3. The monoisotopic (exact) mass is 579 g/mol. The Kier molecular flexibility index (Phi) is 7.83. The third-order valence-electron chi connectivity index (χ3n) is 7.02. The lowest BCUT2D eigenvalue weighted by atomic mass is 9.96. The lowest BCUT2D eigenvalue weighted by Gasteiger charge is -2.28. The SMILES string of the molecule is COCC(=O)Nc1ccc(N2C(=S)N[C@@H](c3ccccn3)[C@H]2c2cc(C)n(-c3cccc(C(F)(F)F)c3)c2C)cc1. The van der Waals surface area contributed by atoms with Gasteiger partial charge in [0.05, 0.1) is 23.3 Å². The van der Waals surface area contributed by atoms with Crippen LogP contribution >= 0.6 is 12.2 Å². The van der Waals surface area contributed by atoms with Gasteiger partial charge in [0, 0.05) is 41.8 Å². The highest BCUT2D eigenvalue weighted by molar-refractivity contribution is 7.80. The van der Waals surface area contributed by atoms with Gasteiger partial charge < -0.3 is 24.8 Å². The van der Waals surface area contributed by atoms with E-state index in [2.05, 4.69) is 15.6 Å². The van der Waals surface area contributed by atoms with E-state index < -0.39 is 11.7 Å². The summed E-state index contributed by atoms with van der Waals surface area (Å²) in [6.45, 7) is 3.71. The third-order valence-corrected chi connectivity index (χ3v) is 7.34. The summed E-state index contributed by atoms with van der Waals surface area (Å²) in [4.78, 5) is 18.5.